The Labute approximate surface area is 120 Å². The molecule has 1 aromatic carbocycles. The number of aromatic nitrogens is 1. The van der Waals surface area contributed by atoms with E-state index in [0.29, 0.717) is 6.04 Å². The number of benzene rings is 1. The molecular weight excluding hydrogens is 246 g/mol. The Bertz CT molecular complexity index is 633. The number of fused-ring (bicyclic) bond motifs is 3. The molecule has 5 rings (SSSR count). The van der Waals surface area contributed by atoms with E-state index in [-0.39, 0.29) is 0 Å². The minimum atomic E-state index is 0.535. The van der Waals surface area contributed by atoms with Crippen molar-refractivity contribution in [3.8, 4) is 0 Å². The third-order valence-electron chi connectivity index (χ3n) is 4.82. The highest BCUT2D eigenvalue weighted by atomic mass is 15.2. The van der Waals surface area contributed by atoms with Gasteiger partial charge in [-0.3, -0.25) is 0 Å². The molecule has 1 saturated heterocycles. The van der Waals surface area contributed by atoms with Crippen molar-refractivity contribution < 1.29 is 0 Å². The number of rotatable bonds is 3. The van der Waals surface area contributed by atoms with Crippen LogP contribution in [0.2, 0.25) is 0 Å². The number of H-pyrrole nitrogens is 1. The molecule has 3 aliphatic heterocycles. The second-order valence-corrected chi connectivity index (χ2v) is 6.56. The zero-order valence-electron chi connectivity index (χ0n) is 12.4. The molecule has 1 fully saturated rings. The smallest absolute Gasteiger partial charge is 0.110 e. The normalized spacial score (nSPS) is 18.2. The number of nitrogens with zero attached hydrogens (tertiary/aromatic N) is 1. The van der Waals surface area contributed by atoms with Crippen LogP contribution in [0.4, 0.5) is 5.82 Å². The summed E-state index contributed by atoms with van der Waals surface area (Å²) in [6, 6.07) is 7.43. The van der Waals surface area contributed by atoms with Gasteiger partial charge >= 0.3 is 0 Å². The van der Waals surface area contributed by atoms with Gasteiger partial charge in [-0.1, -0.05) is 19.9 Å². The van der Waals surface area contributed by atoms with Crippen LogP contribution in [-0.2, 0) is 6.54 Å². The van der Waals surface area contributed by atoms with E-state index in [1.54, 1.807) is 5.56 Å². The standard InChI is InChI=1S/C17H23N3/c1-11(2)18-10-12-3-4-15-14(9-12)16-13-5-7-20(8-6-13)17(16)19-15/h3-4,9,11,13,18-19H,5-8,10H2,1-2H3. The van der Waals surface area contributed by atoms with Gasteiger partial charge < -0.3 is 15.2 Å². The lowest BCUT2D eigenvalue weighted by Crippen LogP contribution is -2.38. The van der Waals surface area contributed by atoms with Gasteiger partial charge in [0.25, 0.3) is 0 Å². The van der Waals surface area contributed by atoms with Gasteiger partial charge in [0.2, 0.25) is 0 Å². The summed E-state index contributed by atoms with van der Waals surface area (Å²) in [7, 11) is 0. The molecule has 106 valence electrons. The minimum absolute atomic E-state index is 0.535. The molecule has 1 aromatic heterocycles. The number of nitrogens with one attached hydrogen (secondary N) is 2. The van der Waals surface area contributed by atoms with E-state index < -0.39 is 0 Å². The Morgan fingerprint density at radius 2 is 2.10 bits per heavy atom. The van der Waals surface area contributed by atoms with Crippen molar-refractivity contribution in [3.63, 3.8) is 0 Å². The Hall–Kier alpha value is -1.48. The van der Waals surface area contributed by atoms with Gasteiger partial charge in [-0.25, -0.2) is 0 Å². The highest BCUT2D eigenvalue weighted by Crippen LogP contribution is 2.45. The van der Waals surface area contributed by atoms with E-state index >= 15 is 0 Å². The van der Waals surface area contributed by atoms with E-state index in [9.17, 15) is 0 Å². The molecule has 3 aliphatic rings. The van der Waals surface area contributed by atoms with E-state index in [0.717, 1.165) is 12.5 Å². The average Bonchev–Trinajstić information content (AvgIpc) is 2.87. The maximum atomic E-state index is 3.65. The van der Waals surface area contributed by atoms with Crippen molar-refractivity contribution in [1.82, 2.24) is 10.3 Å². The van der Waals surface area contributed by atoms with Crippen LogP contribution in [0.15, 0.2) is 18.2 Å². The van der Waals surface area contributed by atoms with Gasteiger partial charge in [-0.15, -0.1) is 0 Å². The first-order valence-electron chi connectivity index (χ1n) is 7.85. The van der Waals surface area contributed by atoms with E-state index in [4.69, 9.17) is 0 Å². The zero-order valence-corrected chi connectivity index (χ0v) is 12.4. The van der Waals surface area contributed by atoms with Crippen LogP contribution in [0.25, 0.3) is 10.9 Å². The monoisotopic (exact) mass is 269 g/mol. The molecule has 0 saturated carbocycles. The molecule has 3 nitrogen and oxygen atoms in total. The lowest BCUT2D eigenvalue weighted by Gasteiger charge is -2.40. The Morgan fingerprint density at radius 1 is 1.30 bits per heavy atom. The van der Waals surface area contributed by atoms with Crippen LogP contribution in [0.3, 0.4) is 0 Å². The third kappa shape index (κ3) is 1.84. The number of hydrogen-bond acceptors (Lipinski definition) is 2. The van der Waals surface area contributed by atoms with Crippen molar-refractivity contribution in [1.29, 1.82) is 0 Å². The maximum Gasteiger partial charge on any atom is 0.110 e. The second-order valence-electron chi connectivity index (χ2n) is 6.56. The van der Waals surface area contributed by atoms with E-state index in [2.05, 4.69) is 47.2 Å². The van der Waals surface area contributed by atoms with Crippen molar-refractivity contribution >= 4 is 16.7 Å². The quantitative estimate of drug-likeness (QED) is 0.895. The van der Waals surface area contributed by atoms with Gasteiger partial charge in [0.1, 0.15) is 5.82 Å². The van der Waals surface area contributed by atoms with Crippen molar-refractivity contribution in [2.45, 2.75) is 45.2 Å². The predicted molar refractivity (Wildman–Crippen MR) is 84.5 cm³/mol. The maximum absolute atomic E-state index is 3.65. The molecule has 2 bridgehead atoms. The summed E-state index contributed by atoms with van der Waals surface area (Å²) in [5.41, 5.74) is 4.29. The zero-order chi connectivity index (χ0) is 13.7. The summed E-state index contributed by atoms with van der Waals surface area (Å²) in [5, 5.41) is 4.97. The van der Waals surface area contributed by atoms with Gasteiger partial charge in [0.15, 0.2) is 0 Å². The fourth-order valence-corrected chi connectivity index (χ4v) is 3.73. The van der Waals surface area contributed by atoms with Crippen LogP contribution in [0.5, 0.6) is 0 Å². The van der Waals surface area contributed by atoms with Gasteiger partial charge in [0.05, 0.1) is 0 Å². The molecular formula is C17H23N3. The van der Waals surface area contributed by atoms with Crippen molar-refractivity contribution in [2.75, 3.05) is 18.0 Å². The number of anilines is 1. The van der Waals surface area contributed by atoms with Gasteiger partial charge in [-0.05, 0) is 36.5 Å². The lowest BCUT2D eigenvalue weighted by atomic mass is 9.84. The first-order valence-corrected chi connectivity index (χ1v) is 7.85. The van der Waals surface area contributed by atoms with E-state index in [1.807, 2.05) is 0 Å². The molecule has 0 atom stereocenters. The second kappa shape index (κ2) is 4.52. The van der Waals surface area contributed by atoms with Crippen LogP contribution in [-0.4, -0.2) is 24.1 Å². The summed E-state index contributed by atoms with van der Waals surface area (Å²) >= 11 is 0. The number of hydrogen-bond donors (Lipinski definition) is 2. The molecule has 2 aromatic rings. The SMILES string of the molecule is CC(C)NCc1ccc2[nH]c3c(c2c1)C1CCN3CC1. The molecule has 3 heteroatoms. The molecule has 4 heterocycles. The van der Waals surface area contributed by atoms with Crippen molar-refractivity contribution in [3.05, 3.63) is 29.3 Å². The largest absolute Gasteiger partial charge is 0.358 e. The highest BCUT2D eigenvalue weighted by molar-refractivity contribution is 5.91. The van der Waals surface area contributed by atoms with Crippen LogP contribution >= 0.6 is 0 Å². The van der Waals surface area contributed by atoms with Crippen LogP contribution < -0.4 is 10.2 Å². The molecule has 0 amide bonds. The fourth-order valence-electron chi connectivity index (χ4n) is 3.73. The van der Waals surface area contributed by atoms with Gasteiger partial charge in [0, 0.05) is 42.1 Å². The van der Waals surface area contributed by atoms with Crippen LogP contribution in [0.1, 0.15) is 43.7 Å². The first-order chi connectivity index (χ1) is 9.72. The summed E-state index contributed by atoms with van der Waals surface area (Å²) in [5.74, 6) is 2.17. The average molecular weight is 269 g/mol. The molecule has 0 radical (unpaired) electrons. The number of piperidine rings is 1. The Balaban J connectivity index is 1.76. The highest BCUT2D eigenvalue weighted by Gasteiger charge is 2.33. The topological polar surface area (TPSA) is 31.1 Å². The number of aromatic amines is 1. The third-order valence-corrected chi connectivity index (χ3v) is 4.82. The first kappa shape index (κ1) is 12.3. The molecule has 2 N–H and O–H groups in total. The van der Waals surface area contributed by atoms with E-state index in [1.165, 1.54) is 48.2 Å². The summed E-state index contributed by atoms with van der Waals surface area (Å²) < 4.78 is 0. The summed E-state index contributed by atoms with van der Waals surface area (Å²) in [4.78, 5) is 6.17. The predicted octanol–water partition coefficient (Wildman–Crippen LogP) is 3.36. The molecule has 0 aliphatic carbocycles. The Morgan fingerprint density at radius 3 is 2.85 bits per heavy atom. The summed E-state index contributed by atoms with van der Waals surface area (Å²) in [6.07, 6.45) is 2.66. The minimum Gasteiger partial charge on any atom is -0.358 e. The van der Waals surface area contributed by atoms with Gasteiger partial charge in [-0.2, -0.15) is 0 Å². The molecule has 0 unspecified atom stereocenters. The van der Waals surface area contributed by atoms with Crippen LogP contribution in [0, 0.1) is 0 Å². The fraction of sp³-hybridized carbons (Fsp3) is 0.529. The molecule has 0 spiro atoms. The lowest BCUT2D eigenvalue weighted by molar-refractivity contribution is 0.475. The summed E-state index contributed by atoms with van der Waals surface area (Å²) in [6.45, 7) is 7.81. The Kier molecular flexibility index (Phi) is 2.77. The van der Waals surface area contributed by atoms with Crippen molar-refractivity contribution in [2.24, 2.45) is 0 Å². The molecule has 20 heavy (non-hydrogen) atoms.